The van der Waals surface area contributed by atoms with Crippen molar-refractivity contribution in [2.45, 2.75) is 19.4 Å². The SMILES string of the molecule is O=C(O)c1cc(-c2ccc3nc4n(c3c2)CCC4)on1. The Morgan fingerprint density at radius 1 is 1.35 bits per heavy atom. The van der Waals surface area contributed by atoms with Gasteiger partial charge < -0.3 is 14.2 Å². The molecule has 3 heterocycles. The minimum Gasteiger partial charge on any atom is -0.476 e. The summed E-state index contributed by atoms with van der Waals surface area (Å²) in [6.45, 7) is 0.978. The highest BCUT2D eigenvalue weighted by Gasteiger charge is 2.18. The molecule has 0 saturated carbocycles. The smallest absolute Gasteiger partial charge is 0.358 e. The highest BCUT2D eigenvalue weighted by Crippen LogP contribution is 2.28. The molecule has 0 bridgehead atoms. The van der Waals surface area contributed by atoms with Crippen LogP contribution in [0.1, 0.15) is 22.7 Å². The van der Waals surface area contributed by atoms with Gasteiger partial charge in [-0.3, -0.25) is 0 Å². The van der Waals surface area contributed by atoms with E-state index >= 15 is 0 Å². The van der Waals surface area contributed by atoms with Gasteiger partial charge in [0.15, 0.2) is 11.5 Å². The molecule has 6 heteroatoms. The Labute approximate surface area is 113 Å². The number of hydrogen-bond acceptors (Lipinski definition) is 4. The van der Waals surface area contributed by atoms with Crippen molar-refractivity contribution in [3.63, 3.8) is 0 Å². The molecule has 1 aliphatic heterocycles. The first-order valence-electron chi connectivity index (χ1n) is 6.42. The van der Waals surface area contributed by atoms with Crippen molar-refractivity contribution in [1.29, 1.82) is 0 Å². The molecule has 1 aromatic carbocycles. The van der Waals surface area contributed by atoms with E-state index in [1.165, 1.54) is 6.07 Å². The topological polar surface area (TPSA) is 81.1 Å². The number of fused-ring (bicyclic) bond motifs is 3. The molecular formula is C14H11N3O3. The van der Waals surface area contributed by atoms with E-state index in [2.05, 4.69) is 14.7 Å². The van der Waals surface area contributed by atoms with Gasteiger partial charge in [-0.15, -0.1) is 0 Å². The summed E-state index contributed by atoms with van der Waals surface area (Å²) in [4.78, 5) is 15.4. The Morgan fingerprint density at radius 3 is 3.05 bits per heavy atom. The second-order valence-electron chi connectivity index (χ2n) is 4.87. The van der Waals surface area contributed by atoms with Crippen molar-refractivity contribution in [3.05, 3.63) is 35.8 Å². The fourth-order valence-electron chi connectivity index (χ4n) is 2.67. The van der Waals surface area contributed by atoms with Gasteiger partial charge in [0.1, 0.15) is 5.82 Å². The molecule has 1 N–H and O–H groups in total. The average Bonchev–Trinajstić information content (AvgIpc) is 3.13. The number of carboxylic acid groups (broad SMARTS) is 1. The lowest BCUT2D eigenvalue weighted by Crippen LogP contribution is -1.94. The molecule has 1 aliphatic rings. The molecule has 2 aromatic heterocycles. The highest BCUT2D eigenvalue weighted by atomic mass is 16.5. The van der Waals surface area contributed by atoms with Gasteiger partial charge in [-0.2, -0.15) is 0 Å². The van der Waals surface area contributed by atoms with Crippen molar-refractivity contribution in [3.8, 4) is 11.3 Å². The van der Waals surface area contributed by atoms with Crippen molar-refractivity contribution in [2.24, 2.45) is 0 Å². The van der Waals surface area contributed by atoms with Crippen LogP contribution in [-0.2, 0) is 13.0 Å². The number of aromatic carboxylic acids is 1. The lowest BCUT2D eigenvalue weighted by atomic mass is 10.1. The van der Waals surface area contributed by atoms with Gasteiger partial charge in [-0.05, 0) is 24.6 Å². The minimum absolute atomic E-state index is 0.0846. The molecule has 100 valence electrons. The van der Waals surface area contributed by atoms with E-state index in [1.807, 2.05) is 18.2 Å². The second-order valence-corrected chi connectivity index (χ2v) is 4.87. The van der Waals surface area contributed by atoms with Gasteiger partial charge in [0.25, 0.3) is 0 Å². The summed E-state index contributed by atoms with van der Waals surface area (Å²) in [6, 6.07) is 7.21. The first-order valence-corrected chi connectivity index (χ1v) is 6.42. The predicted octanol–water partition coefficient (Wildman–Crippen LogP) is 2.34. The van der Waals surface area contributed by atoms with Crippen molar-refractivity contribution < 1.29 is 14.4 Å². The molecule has 0 unspecified atom stereocenters. The molecule has 0 spiro atoms. The molecule has 0 radical (unpaired) electrons. The minimum atomic E-state index is -1.09. The Bertz CT molecular complexity index is 831. The van der Waals surface area contributed by atoms with Crippen LogP contribution in [0.15, 0.2) is 28.8 Å². The first-order chi connectivity index (χ1) is 9.72. The van der Waals surface area contributed by atoms with Gasteiger partial charge >= 0.3 is 5.97 Å². The van der Waals surface area contributed by atoms with Crippen LogP contribution in [-0.4, -0.2) is 25.8 Å². The summed E-state index contributed by atoms with van der Waals surface area (Å²) < 4.78 is 7.30. The highest BCUT2D eigenvalue weighted by molar-refractivity contribution is 5.87. The van der Waals surface area contributed by atoms with E-state index in [-0.39, 0.29) is 5.69 Å². The lowest BCUT2D eigenvalue weighted by molar-refractivity contribution is 0.0686. The quantitative estimate of drug-likeness (QED) is 0.772. The van der Waals surface area contributed by atoms with Crippen LogP contribution < -0.4 is 0 Å². The fraction of sp³-hybridized carbons (Fsp3) is 0.214. The van der Waals surface area contributed by atoms with Gasteiger partial charge in [0.2, 0.25) is 0 Å². The second kappa shape index (κ2) is 3.93. The van der Waals surface area contributed by atoms with Gasteiger partial charge in [-0.1, -0.05) is 5.16 Å². The summed E-state index contributed by atoms with van der Waals surface area (Å²) in [5.41, 5.74) is 2.75. The van der Waals surface area contributed by atoms with E-state index in [9.17, 15) is 4.79 Å². The molecular weight excluding hydrogens is 258 g/mol. The molecule has 20 heavy (non-hydrogen) atoms. The maximum absolute atomic E-state index is 10.8. The third kappa shape index (κ3) is 1.54. The van der Waals surface area contributed by atoms with Gasteiger partial charge in [0.05, 0.1) is 11.0 Å². The van der Waals surface area contributed by atoms with E-state index in [4.69, 9.17) is 9.63 Å². The third-order valence-corrected chi connectivity index (χ3v) is 3.62. The Kier molecular flexibility index (Phi) is 2.20. The normalized spacial score (nSPS) is 13.8. The molecule has 0 aliphatic carbocycles. The van der Waals surface area contributed by atoms with Crippen molar-refractivity contribution in [2.75, 3.05) is 0 Å². The summed E-state index contributed by atoms with van der Waals surface area (Å²) >= 11 is 0. The largest absolute Gasteiger partial charge is 0.476 e. The number of imidazole rings is 1. The van der Waals surface area contributed by atoms with Crippen LogP contribution >= 0.6 is 0 Å². The monoisotopic (exact) mass is 269 g/mol. The maximum Gasteiger partial charge on any atom is 0.358 e. The molecule has 0 atom stereocenters. The van der Waals surface area contributed by atoms with E-state index in [1.54, 1.807) is 0 Å². The van der Waals surface area contributed by atoms with Crippen LogP contribution in [0.25, 0.3) is 22.4 Å². The number of benzene rings is 1. The summed E-state index contributed by atoms with van der Waals surface area (Å²) in [7, 11) is 0. The van der Waals surface area contributed by atoms with Crippen LogP contribution in [0.3, 0.4) is 0 Å². The predicted molar refractivity (Wildman–Crippen MR) is 70.5 cm³/mol. The zero-order chi connectivity index (χ0) is 13.7. The van der Waals surface area contributed by atoms with Crippen LogP contribution in [0.5, 0.6) is 0 Å². The fourth-order valence-corrected chi connectivity index (χ4v) is 2.67. The summed E-state index contributed by atoms with van der Waals surface area (Å²) in [5, 5.41) is 12.4. The zero-order valence-corrected chi connectivity index (χ0v) is 10.5. The van der Waals surface area contributed by atoms with Gasteiger partial charge in [-0.25, -0.2) is 9.78 Å². The zero-order valence-electron chi connectivity index (χ0n) is 10.5. The molecule has 0 fully saturated rings. The van der Waals surface area contributed by atoms with Crippen LogP contribution in [0.4, 0.5) is 0 Å². The van der Waals surface area contributed by atoms with Crippen LogP contribution in [0.2, 0.25) is 0 Å². The van der Waals surface area contributed by atoms with Crippen LogP contribution in [0, 0.1) is 0 Å². The summed E-state index contributed by atoms with van der Waals surface area (Å²) in [5.74, 6) is 0.477. The van der Waals surface area contributed by atoms with E-state index in [0.717, 1.165) is 41.8 Å². The number of nitrogens with zero attached hydrogens (tertiary/aromatic N) is 3. The number of rotatable bonds is 2. The number of aryl methyl sites for hydroxylation is 2. The average molecular weight is 269 g/mol. The Hall–Kier alpha value is -2.63. The number of carbonyl (C=O) groups is 1. The molecule has 6 nitrogen and oxygen atoms in total. The molecule has 0 amide bonds. The van der Waals surface area contributed by atoms with Crippen molar-refractivity contribution in [1.82, 2.24) is 14.7 Å². The molecule has 4 rings (SSSR count). The van der Waals surface area contributed by atoms with E-state index < -0.39 is 5.97 Å². The standard InChI is InChI=1S/C14H11N3O3/c18-14(19)10-7-12(20-16-10)8-3-4-9-11(6-8)17-5-1-2-13(17)15-9/h3-4,6-7H,1-2,5H2,(H,18,19). The third-order valence-electron chi connectivity index (χ3n) is 3.62. The number of hydrogen-bond donors (Lipinski definition) is 1. The Balaban J connectivity index is 1.85. The lowest BCUT2D eigenvalue weighted by Gasteiger charge is -2.00. The van der Waals surface area contributed by atoms with Crippen molar-refractivity contribution >= 4 is 17.0 Å². The molecule has 3 aromatic rings. The first kappa shape index (κ1) is 11.2. The van der Waals surface area contributed by atoms with Gasteiger partial charge in [0, 0.05) is 24.6 Å². The number of carboxylic acids is 1. The summed E-state index contributed by atoms with van der Waals surface area (Å²) in [6.07, 6.45) is 2.13. The molecule has 0 saturated heterocycles. The van der Waals surface area contributed by atoms with E-state index in [0.29, 0.717) is 5.76 Å². The Morgan fingerprint density at radius 2 is 2.25 bits per heavy atom. The number of aromatic nitrogens is 3. The maximum atomic E-state index is 10.8.